The average Bonchev–Trinajstić information content (AvgIpc) is 2.26. The second-order valence-electron chi connectivity index (χ2n) is 3.94. The SMILES string of the molecule is CCCCCC(=O)C(N)(CC(N)=O)C(=O)NO. The Balaban J connectivity index is 4.73. The lowest BCUT2D eigenvalue weighted by molar-refractivity contribution is -0.144. The van der Waals surface area contributed by atoms with E-state index in [1.807, 2.05) is 6.92 Å². The Hall–Kier alpha value is -1.47. The van der Waals surface area contributed by atoms with Gasteiger partial charge in [0.15, 0.2) is 11.3 Å². The number of hydrogen-bond donors (Lipinski definition) is 4. The highest BCUT2D eigenvalue weighted by atomic mass is 16.5. The molecule has 0 spiro atoms. The zero-order valence-electron chi connectivity index (χ0n) is 9.86. The topological polar surface area (TPSA) is 136 Å². The maximum Gasteiger partial charge on any atom is 0.271 e. The lowest BCUT2D eigenvalue weighted by atomic mass is 9.87. The van der Waals surface area contributed by atoms with Crippen LogP contribution >= 0.6 is 0 Å². The summed E-state index contributed by atoms with van der Waals surface area (Å²) in [5, 5.41) is 8.52. The molecule has 2 amide bonds. The van der Waals surface area contributed by atoms with Crippen molar-refractivity contribution < 1.29 is 19.6 Å². The zero-order valence-corrected chi connectivity index (χ0v) is 9.86. The number of ketones is 1. The van der Waals surface area contributed by atoms with Gasteiger partial charge in [-0.25, -0.2) is 5.48 Å². The molecule has 0 saturated heterocycles. The van der Waals surface area contributed by atoms with E-state index in [4.69, 9.17) is 16.7 Å². The van der Waals surface area contributed by atoms with Crippen LogP contribution in [0.5, 0.6) is 0 Å². The third-order valence-electron chi connectivity index (χ3n) is 2.46. The molecule has 0 bridgehead atoms. The number of hydroxylamine groups is 1. The van der Waals surface area contributed by atoms with E-state index < -0.39 is 29.6 Å². The van der Waals surface area contributed by atoms with Crippen molar-refractivity contribution in [3.05, 3.63) is 0 Å². The average molecular weight is 245 g/mol. The van der Waals surface area contributed by atoms with E-state index in [2.05, 4.69) is 0 Å². The molecule has 7 heteroatoms. The van der Waals surface area contributed by atoms with Crippen molar-refractivity contribution in [3.8, 4) is 0 Å². The first kappa shape index (κ1) is 15.5. The molecular weight excluding hydrogens is 226 g/mol. The van der Waals surface area contributed by atoms with Gasteiger partial charge in [0, 0.05) is 6.42 Å². The van der Waals surface area contributed by atoms with Gasteiger partial charge in [0.1, 0.15) is 0 Å². The van der Waals surface area contributed by atoms with Crippen molar-refractivity contribution in [2.24, 2.45) is 11.5 Å². The van der Waals surface area contributed by atoms with Crippen LogP contribution in [0.3, 0.4) is 0 Å². The molecule has 0 aromatic rings. The number of rotatable bonds is 8. The number of carbonyl (C=O) groups excluding carboxylic acids is 3. The van der Waals surface area contributed by atoms with Crippen molar-refractivity contribution in [2.75, 3.05) is 0 Å². The van der Waals surface area contributed by atoms with E-state index >= 15 is 0 Å². The molecule has 0 aromatic carbocycles. The maximum absolute atomic E-state index is 11.8. The molecule has 98 valence electrons. The predicted molar refractivity (Wildman–Crippen MR) is 59.8 cm³/mol. The zero-order chi connectivity index (χ0) is 13.5. The molecule has 0 aromatic heterocycles. The van der Waals surface area contributed by atoms with Gasteiger partial charge < -0.3 is 11.5 Å². The standard InChI is InChI=1S/C10H19N3O4/c1-2-3-4-5-7(14)10(12,6-8(11)15)9(16)13-17/h17H,2-6,12H2,1H3,(H2,11,15)(H,13,16). The molecule has 0 aliphatic carbocycles. The van der Waals surface area contributed by atoms with Crippen molar-refractivity contribution >= 4 is 17.6 Å². The molecule has 0 fully saturated rings. The number of carbonyl (C=O) groups is 3. The number of Topliss-reactive ketones (excluding diaryl/α,β-unsaturated/α-hetero) is 1. The Bertz CT molecular complexity index is 306. The Morgan fingerprint density at radius 3 is 2.29 bits per heavy atom. The number of primary amides is 1. The summed E-state index contributed by atoms with van der Waals surface area (Å²) in [7, 11) is 0. The Labute approximate surface area is 99.5 Å². The van der Waals surface area contributed by atoms with Crippen molar-refractivity contribution in [1.82, 2.24) is 5.48 Å². The quantitative estimate of drug-likeness (QED) is 0.192. The number of nitrogens with two attached hydrogens (primary N) is 2. The molecular formula is C10H19N3O4. The van der Waals surface area contributed by atoms with E-state index in [-0.39, 0.29) is 6.42 Å². The smallest absolute Gasteiger partial charge is 0.271 e. The van der Waals surface area contributed by atoms with Crippen LogP contribution in [0.1, 0.15) is 39.0 Å². The molecule has 7 nitrogen and oxygen atoms in total. The van der Waals surface area contributed by atoms with Gasteiger partial charge in [0.25, 0.3) is 5.91 Å². The predicted octanol–water partition coefficient (Wildman–Crippen LogP) is -0.786. The van der Waals surface area contributed by atoms with E-state index in [0.29, 0.717) is 6.42 Å². The number of hydrogen-bond acceptors (Lipinski definition) is 5. The fourth-order valence-electron chi connectivity index (χ4n) is 1.44. The van der Waals surface area contributed by atoms with Crippen molar-refractivity contribution in [1.29, 1.82) is 0 Å². The van der Waals surface area contributed by atoms with Gasteiger partial charge in [-0.15, -0.1) is 0 Å². The maximum atomic E-state index is 11.8. The highest BCUT2D eigenvalue weighted by Crippen LogP contribution is 2.13. The summed E-state index contributed by atoms with van der Waals surface area (Å²) in [6.45, 7) is 1.96. The number of amides is 2. The highest BCUT2D eigenvalue weighted by molar-refractivity contribution is 6.12. The highest BCUT2D eigenvalue weighted by Gasteiger charge is 2.42. The minimum atomic E-state index is -2.08. The van der Waals surface area contributed by atoms with Gasteiger partial charge in [0.05, 0.1) is 6.42 Å². The summed E-state index contributed by atoms with van der Waals surface area (Å²) >= 11 is 0. The molecule has 0 rings (SSSR count). The third-order valence-corrected chi connectivity index (χ3v) is 2.46. The fraction of sp³-hybridized carbons (Fsp3) is 0.700. The van der Waals surface area contributed by atoms with Crippen LogP contribution in [0.25, 0.3) is 0 Å². The second kappa shape index (κ2) is 6.97. The van der Waals surface area contributed by atoms with Crippen LogP contribution in [-0.4, -0.2) is 28.3 Å². The van der Waals surface area contributed by atoms with Gasteiger partial charge in [-0.3, -0.25) is 19.6 Å². The van der Waals surface area contributed by atoms with E-state index in [0.717, 1.165) is 12.8 Å². The fourth-order valence-corrected chi connectivity index (χ4v) is 1.44. The van der Waals surface area contributed by atoms with Gasteiger partial charge >= 0.3 is 0 Å². The molecule has 0 heterocycles. The Morgan fingerprint density at radius 1 is 1.29 bits per heavy atom. The lowest BCUT2D eigenvalue weighted by Crippen LogP contribution is -2.60. The molecule has 0 radical (unpaired) electrons. The number of unbranched alkanes of at least 4 members (excludes halogenated alkanes) is 2. The molecule has 1 unspecified atom stereocenters. The first-order valence-electron chi connectivity index (χ1n) is 5.43. The van der Waals surface area contributed by atoms with Crippen molar-refractivity contribution in [3.63, 3.8) is 0 Å². The van der Waals surface area contributed by atoms with Crippen molar-refractivity contribution in [2.45, 2.75) is 44.6 Å². The Kier molecular flexibility index (Phi) is 6.37. The summed E-state index contributed by atoms with van der Waals surface area (Å²) in [5.41, 5.74) is 9.70. The van der Waals surface area contributed by atoms with Gasteiger partial charge in [-0.2, -0.15) is 0 Å². The first-order valence-corrected chi connectivity index (χ1v) is 5.43. The van der Waals surface area contributed by atoms with Gasteiger partial charge in [-0.05, 0) is 6.42 Å². The Morgan fingerprint density at radius 2 is 1.88 bits per heavy atom. The molecule has 0 saturated carbocycles. The minimum Gasteiger partial charge on any atom is -0.370 e. The summed E-state index contributed by atoms with van der Waals surface area (Å²) < 4.78 is 0. The molecule has 0 aliphatic heterocycles. The molecule has 0 aliphatic rings. The molecule has 1 atom stereocenters. The second-order valence-corrected chi connectivity index (χ2v) is 3.94. The summed E-state index contributed by atoms with van der Waals surface area (Å²) in [6.07, 6.45) is 1.76. The summed E-state index contributed by atoms with van der Waals surface area (Å²) in [4.78, 5) is 33.9. The van der Waals surface area contributed by atoms with E-state index in [1.54, 1.807) is 0 Å². The van der Waals surface area contributed by atoms with Crippen LogP contribution < -0.4 is 16.9 Å². The molecule has 17 heavy (non-hydrogen) atoms. The minimum absolute atomic E-state index is 0.0744. The van der Waals surface area contributed by atoms with Gasteiger partial charge in [-0.1, -0.05) is 19.8 Å². The normalized spacial score (nSPS) is 13.8. The largest absolute Gasteiger partial charge is 0.370 e. The summed E-state index contributed by atoms with van der Waals surface area (Å²) in [6, 6.07) is 0. The van der Waals surface area contributed by atoms with E-state index in [9.17, 15) is 14.4 Å². The summed E-state index contributed by atoms with van der Waals surface area (Å²) in [5.74, 6) is -2.59. The first-order chi connectivity index (χ1) is 7.88. The number of nitrogens with one attached hydrogen (secondary N) is 1. The van der Waals surface area contributed by atoms with Gasteiger partial charge in [0.2, 0.25) is 5.91 Å². The monoisotopic (exact) mass is 245 g/mol. The lowest BCUT2D eigenvalue weighted by Gasteiger charge is -2.23. The van der Waals surface area contributed by atoms with Crippen LogP contribution in [0.15, 0.2) is 0 Å². The van der Waals surface area contributed by atoms with Crippen LogP contribution in [0.4, 0.5) is 0 Å². The van der Waals surface area contributed by atoms with E-state index in [1.165, 1.54) is 5.48 Å². The van der Waals surface area contributed by atoms with Crippen LogP contribution in [-0.2, 0) is 14.4 Å². The van der Waals surface area contributed by atoms with Crippen LogP contribution in [0, 0.1) is 0 Å². The molecule has 6 N–H and O–H groups in total. The van der Waals surface area contributed by atoms with Crippen LogP contribution in [0.2, 0.25) is 0 Å². The third kappa shape index (κ3) is 4.49.